The highest BCUT2D eigenvalue weighted by Gasteiger charge is 2.44. The van der Waals surface area contributed by atoms with Crippen LogP contribution in [0.25, 0.3) is 0 Å². The zero-order valence-electron chi connectivity index (χ0n) is 29.6. The van der Waals surface area contributed by atoms with Crippen molar-refractivity contribution in [3.8, 4) is 0 Å². The lowest BCUT2D eigenvalue weighted by atomic mass is 10.1. The van der Waals surface area contributed by atoms with Gasteiger partial charge >= 0.3 is 0 Å². The standard InChI is InChI=1S/C39H73O5P/c1-3-5-7-9-11-13-15-17-19-21-23-25-27-29-31-33-37(42)45(39(44,35-40)36-41)38(43)34-32-30-28-26-24-22-20-18-16-14-12-10-8-6-4-2/h17-20,40-41,44H,3-16,21-36H2,1-2H3/b19-17-,20-18-. The first-order valence-corrected chi connectivity index (χ1v) is 20.4. The van der Waals surface area contributed by atoms with Gasteiger partial charge in [0.1, 0.15) is 5.34 Å². The van der Waals surface area contributed by atoms with Crippen molar-refractivity contribution in [2.75, 3.05) is 13.2 Å². The number of allylic oxidation sites excluding steroid dienone is 4. The van der Waals surface area contributed by atoms with E-state index < -0.39 is 26.5 Å². The Morgan fingerprint density at radius 1 is 0.467 bits per heavy atom. The number of carbonyl (C=O) groups excluding carboxylic acids is 2. The summed E-state index contributed by atoms with van der Waals surface area (Å²) < 4.78 is 0. The summed E-state index contributed by atoms with van der Waals surface area (Å²) in [7, 11) is -2.15. The lowest BCUT2D eigenvalue weighted by molar-refractivity contribution is -0.115. The lowest BCUT2D eigenvalue weighted by Gasteiger charge is -2.31. The molecule has 0 saturated heterocycles. The average molecular weight is 653 g/mol. The summed E-state index contributed by atoms with van der Waals surface area (Å²) in [5.41, 5.74) is -0.572. The second-order valence-corrected chi connectivity index (χ2v) is 15.6. The molecule has 0 fully saturated rings. The number of rotatable bonds is 35. The molecule has 0 unspecified atom stereocenters. The van der Waals surface area contributed by atoms with E-state index >= 15 is 0 Å². The fourth-order valence-electron chi connectivity index (χ4n) is 5.71. The van der Waals surface area contributed by atoms with E-state index in [1.807, 2.05) is 0 Å². The predicted octanol–water partition coefficient (Wildman–Crippen LogP) is 11.3. The Kier molecular flexibility index (Phi) is 32.4. The molecule has 0 saturated carbocycles. The zero-order valence-corrected chi connectivity index (χ0v) is 30.5. The second kappa shape index (κ2) is 33.0. The first kappa shape index (κ1) is 44.1. The van der Waals surface area contributed by atoms with Crippen molar-refractivity contribution in [3.63, 3.8) is 0 Å². The molecule has 0 aliphatic rings. The van der Waals surface area contributed by atoms with Gasteiger partial charge in [-0.25, -0.2) is 0 Å². The Morgan fingerprint density at radius 3 is 1.02 bits per heavy atom. The van der Waals surface area contributed by atoms with Gasteiger partial charge < -0.3 is 15.3 Å². The summed E-state index contributed by atoms with van der Waals surface area (Å²) >= 11 is 0. The maximum absolute atomic E-state index is 13.1. The second-order valence-electron chi connectivity index (χ2n) is 13.1. The van der Waals surface area contributed by atoms with Gasteiger partial charge in [-0.3, -0.25) is 9.59 Å². The van der Waals surface area contributed by atoms with Crippen LogP contribution in [0, 0.1) is 0 Å². The third-order valence-corrected chi connectivity index (χ3v) is 11.3. The monoisotopic (exact) mass is 653 g/mol. The van der Waals surface area contributed by atoms with Crippen LogP contribution in [0.2, 0.25) is 0 Å². The van der Waals surface area contributed by atoms with Crippen molar-refractivity contribution in [1.82, 2.24) is 0 Å². The minimum absolute atomic E-state index is 0.226. The average Bonchev–Trinajstić information content (AvgIpc) is 3.04. The molecule has 264 valence electrons. The normalized spacial score (nSPS) is 12.3. The van der Waals surface area contributed by atoms with E-state index in [4.69, 9.17) is 0 Å². The topological polar surface area (TPSA) is 94.8 Å². The third kappa shape index (κ3) is 25.8. The van der Waals surface area contributed by atoms with Crippen LogP contribution in [0.4, 0.5) is 0 Å². The van der Waals surface area contributed by atoms with Gasteiger partial charge in [-0.1, -0.05) is 141 Å². The fourth-order valence-corrected chi connectivity index (χ4v) is 7.97. The smallest absolute Gasteiger partial charge is 0.165 e. The van der Waals surface area contributed by atoms with Gasteiger partial charge in [0.05, 0.1) is 21.1 Å². The van der Waals surface area contributed by atoms with Crippen molar-refractivity contribution in [3.05, 3.63) is 24.3 Å². The molecule has 0 aromatic rings. The SMILES string of the molecule is CCCCCCCC/C=C\CCCCCCCC(=O)P(C(=O)CCCCCCC/C=C\CCCCCCCC)C(O)(CO)CO. The van der Waals surface area contributed by atoms with E-state index in [9.17, 15) is 24.9 Å². The quantitative estimate of drug-likeness (QED) is 0.0360. The van der Waals surface area contributed by atoms with Crippen molar-refractivity contribution >= 4 is 19.0 Å². The molecular weight excluding hydrogens is 579 g/mol. The summed E-state index contributed by atoms with van der Waals surface area (Å²) in [6.07, 6.45) is 40.1. The highest BCUT2D eigenvalue weighted by molar-refractivity contribution is 7.90. The van der Waals surface area contributed by atoms with Crippen LogP contribution >= 0.6 is 7.92 Å². The number of hydrogen-bond acceptors (Lipinski definition) is 5. The van der Waals surface area contributed by atoms with Crippen molar-refractivity contribution in [2.45, 2.75) is 199 Å². The summed E-state index contributed by atoms with van der Waals surface area (Å²) in [4.78, 5) is 26.1. The lowest BCUT2D eigenvalue weighted by Crippen LogP contribution is -2.39. The Bertz CT molecular complexity index is 679. The van der Waals surface area contributed by atoms with Crippen LogP contribution in [0.15, 0.2) is 24.3 Å². The molecule has 6 heteroatoms. The number of hydrogen-bond donors (Lipinski definition) is 3. The fraction of sp³-hybridized carbons (Fsp3) is 0.846. The summed E-state index contributed by atoms with van der Waals surface area (Å²) in [6.45, 7) is 2.96. The molecule has 0 rings (SSSR count). The molecule has 3 N–H and O–H groups in total. The number of carbonyl (C=O) groups is 2. The maximum Gasteiger partial charge on any atom is 0.165 e. The van der Waals surface area contributed by atoms with Gasteiger partial charge in [-0.15, -0.1) is 0 Å². The Labute approximate surface area is 279 Å². The molecular formula is C39H73O5P. The number of aliphatic hydroxyl groups is 3. The third-order valence-electron chi connectivity index (χ3n) is 8.73. The molecule has 0 aromatic heterocycles. The number of aliphatic hydroxyl groups excluding tert-OH is 2. The van der Waals surface area contributed by atoms with Gasteiger partial charge in [0.2, 0.25) is 0 Å². The van der Waals surface area contributed by atoms with Gasteiger partial charge in [0.15, 0.2) is 11.0 Å². The summed E-state index contributed by atoms with van der Waals surface area (Å²) in [5.74, 6) is 0. The molecule has 0 atom stereocenters. The van der Waals surface area contributed by atoms with E-state index in [2.05, 4.69) is 38.2 Å². The highest BCUT2D eigenvalue weighted by atomic mass is 31.1. The molecule has 0 aromatic carbocycles. The van der Waals surface area contributed by atoms with Crippen LogP contribution < -0.4 is 0 Å². The van der Waals surface area contributed by atoms with Crippen LogP contribution in [0.5, 0.6) is 0 Å². The molecule has 45 heavy (non-hydrogen) atoms. The first-order valence-electron chi connectivity index (χ1n) is 19.1. The van der Waals surface area contributed by atoms with E-state index in [-0.39, 0.29) is 23.9 Å². The Hall–Kier alpha value is -0.870. The molecule has 0 heterocycles. The van der Waals surface area contributed by atoms with Gasteiger partial charge in [0.25, 0.3) is 0 Å². The van der Waals surface area contributed by atoms with Crippen LogP contribution in [-0.2, 0) is 9.59 Å². The van der Waals surface area contributed by atoms with Crippen LogP contribution in [0.1, 0.15) is 194 Å². The van der Waals surface area contributed by atoms with Gasteiger partial charge in [-0.2, -0.15) is 0 Å². The molecule has 0 radical (unpaired) electrons. The molecule has 0 spiro atoms. The van der Waals surface area contributed by atoms with Gasteiger partial charge in [0, 0.05) is 12.8 Å². The van der Waals surface area contributed by atoms with E-state index in [1.54, 1.807) is 0 Å². The minimum Gasteiger partial charge on any atom is -0.393 e. The van der Waals surface area contributed by atoms with Crippen LogP contribution in [0.3, 0.4) is 0 Å². The minimum atomic E-state index is -2.15. The summed E-state index contributed by atoms with van der Waals surface area (Å²) in [5, 5.41) is 28.2. The van der Waals surface area contributed by atoms with Gasteiger partial charge in [-0.05, 0) is 64.2 Å². The Morgan fingerprint density at radius 2 is 0.733 bits per heavy atom. The first-order chi connectivity index (χ1) is 22.0. The molecule has 5 nitrogen and oxygen atoms in total. The molecule has 0 amide bonds. The molecule has 0 aliphatic carbocycles. The van der Waals surface area contributed by atoms with Crippen molar-refractivity contribution in [1.29, 1.82) is 0 Å². The van der Waals surface area contributed by atoms with E-state index in [0.29, 0.717) is 12.8 Å². The maximum atomic E-state index is 13.1. The van der Waals surface area contributed by atoms with E-state index in [1.165, 1.54) is 89.9 Å². The van der Waals surface area contributed by atoms with Crippen molar-refractivity contribution < 1.29 is 24.9 Å². The largest absolute Gasteiger partial charge is 0.393 e. The number of unbranched alkanes of at least 4 members (excludes halogenated alkanes) is 22. The molecule has 0 bridgehead atoms. The summed E-state index contributed by atoms with van der Waals surface area (Å²) in [6, 6.07) is 0. The Balaban J connectivity index is 4.12. The van der Waals surface area contributed by atoms with E-state index in [0.717, 1.165) is 64.2 Å². The highest BCUT2D eigenvalue weighted by Crippen LogP contribution is 2.51. The van der Waals surface area contributed by atoms with Crippen LogP contribution in [-0.4, -0.2) is 44.9 Å². The molecule has 0 aliphatic heterocycles. The zero-order chi connectivity index (χ0) is 33.3. The van der Waals surface area contributed by atoms with Crippen molar-refractivity contribution in [2.24, 2.45) is 0 Å². The predicted molar refractivity (Wildman–Crippen MR) is 195 cm³/mol.